The molecule has 0 unspecified atom stereocenters. The minimum absolute atomic E-state index is 0.0143. The average molecular weight is 291 g/mol. The van der Waals surface area contributed by atoms with Crippen LogP contribution >= 0.6 is 0 Å². The first-order valence-electron chi connectivity index (χ1n) is 7.24. The molecule has 1 aromatic carbocycles. The first-order chi connectivity index (χ1) is 10.1. The lowest BCUT2D eigenvalue weighted by Gasteiger charge is -2.32. The summed E-state index contributed by atoms with van der Waals surface area (Å²) in [7, 11) is 1.53. The Bertz CT molecular complexity index is 521. The van der Waals surface area contributed by atoms with Crippen molar-refractivity contribution in [2.24, 2.45) is 5.41 Å². The zero-order valence-electron chi connectivity index (χ0n) is 12.2. The van der Waals surface area contributed by atoms with Crippen LogP contribution in [-0.4, -0.2) is 24.1 Å². The zero-order chi connectivity index (χ0) is 15.3. The number of carbonyl (C=O) groups is 2. The molecule has 114 valence electrons. The number of para-hydroxylation sites is 2. The van der Waals surface area contributed by atoms with Crippen molar-refractivity contribution in [3.05, 3.63) is 24.3 Å². The molecule has 0 spiro atoms. The number of ether oxygens (including phenoxy) is 1. The highest BCUT2D eigenvalue weighted by Gasteiger charge is 2.41. The summed E-state index contributed by atoms with van der Waals surface area (Å²) >= 11 is 0. The normalized spacial score (nSPS) is 17.0. The van der Waals surface area contributed by atoms with E-state index in [-0.39, 0.29) is 12.3 Å². The van der Waals surface area contributed by atoms with Gasteiger partial charge in [-0.05, 0) is 25.0 Å². The zero-order valence-corrected chi connectivity index (χ0v) is 12.2. The second-order valence-corrected chi connectivity index (χ2v) is 5.57. The number of carboxylic acids is 1. The molecule has 2 rings (SSSR count). The van der Waals surface area contributed by atoms with E-state index >= 15 is 0 Å². The third-order valence-corrected chi connectivity index (χ3v) is 4.14. The fourth-order valence-corrected chi connectivity index (χ4v) is 2.94. The molecule has 5 nitrogen and oxygen atoms in total. The van der Waals surface area contributed by atoms with Gasteiger partial charge in [-0.1, -0.05) is 31.4 Å². The monoisotopic (exact) mass is 291 g/mol. The number of aliphatic carboxylic acids is 1. The van der Waals surface area contributed by atoms with Crippen molar-refractivity contribution in [1.82, 2.24) is 0 Å². The molecule has 1 aromatic rings. The molecule has 0 heterocycles. The number of rotatable bonds is 5. The maximum Gasteiger partial charge on any atom is 0.310 e. The van der Waals surface area contributed by atoms with Crippen molar-refractivity contribution in [3.8, 4) is 5.75 Å². The van der Waals surface area contributed by atoms with E-state index in [1.54, 1.807) is 18.2 Å². The lowest BCUT2D eigenvalue weighted by atomic mass is 9.71. The molecule has 1 aliphatic carbocycles. The Morgan fingerprint density at radius 2 is 1.90 bits per heavy atom. The Kier molecular flexibility index (Phi) is 4.83. The highest BCUT2D eigenvalue weighted by molar-refractivity contribution is 5.95. The quantitative estimate of drug-likeness (QED) is 0.874. The molecule has 0 radical (unpaired) electrons. The second kappa shape index (κ2) is 6.61. The summed E-state index contributed by atoms with van der Waals surface area (Å²) in [4.78, 5) is 23.8. The average Bonchev–Trinajstić information content (AvgIpc) is 2.48. The molecule has 0 bridgehead atoms. The van der Waals surface area contributed by atoms with Crippen LogP contribution in [0.5, 0.6) is 5.75 Å². The second-order valence-electron chi connectivity index (χ2n) is 5.57. The minimum atomic E-state index is -0.912. The van der Waals surface area contributed by atoms with Gasteiger partial charge in [0.15, 0.2) is 0 Å². The van der Waals surface area contributed by atoms with Gasteiger partial charge in [-0.3, -0.25) is 9.59 Å². The molecule has 0 atom stereocenters. The van der Waals surface area contributed by atoms with E-state index in [0.717, 1.165) is 19.3 Å². The van der Waals surface area contributed by atoms with Crippen molar-refractivity contribution in [2.45, 2.75) is 38.5 Å². The third kappa shape index (κ3) is 3.54. The van der Waals surface area contributed by atoms with Gasteiger partial charge in [-0.15, -0.1) is 0 Å². The molecule has 1 amide bonds. The molecular formula is C16H21NO4. The highest BCUT2D eigenvalue weighted by Crippen LogP contribution is 2.40. The summed E-state index contributed by atoms with van der Waals surface area (Å²) in [6, 6.07) is 7.11. The van der Waals surface area contributed by atoms with Gasteiger partial charge < -0.3 is 15.2 Å². The number of amides is 1. The lowest BCUT2D eigenvalue weighted by Crippen LogP contribution is -2.37. The molecule has 0 saturated heterocycles. The number of methoxy groups -OCH3 is 1. The van der Waals surface area contributed by atoms with Crippen LogP contribution in [0.3, 0.4) is 0 Å². The fourth-order valence-electron chi connectivity index (χ4n) is 2.94. The van der Waals surface area contributed by atoms with Gasteiger partial charge in [-0.2, -0.15) is 0 Å². The van der Waals surface area contributed by atoms with Crippen molar-refractivity contribution in [3.63, 3.8) is 0 Å². The van der Waals surface area contributed by atoms with Gasteiger partial charge in [0.05, 0.1) is 18.2 Å². The molecule has 1 fully saturated rings. The van der Waals surface area contributed by atoms with Crippen LogP contribution in [0.4, 0.5) is 5.69 Å². The molecular weight excluding hydrogens is 270 g/mol. The fraction of sp³-hybridized carbons (Fsp3) is 0.500. The van der Waals surface area contributed by atoms with E-state index in [4.69, 9.17) is 4.74 Å². The van der Waals surface area contributed by atoms with E-state index in [1.165, 1.54) is 7.11 Å². The molecule has 1 aliphatic rings. The van der Waals surface area contributed by atoms with E-state index in [0.29, 0.717) is 24.3 Å². The van der Waals surface area contributed by atoms with Crippen molar-refractivity contribution in [2.75, 3.05) is 12.4 Å². The summed E-state index contributed by atoms with van der Waals surface area (Å²) in [5, 5.41) is 12.3. The number of benzene rings is 1. The molecule has 21 heavy (non-hydrogen) atoms. The van der Waals surface area contributed by atoms with Crippen LogP contribution in [0.2, 0.25) is 0 Å². The Morgan fingerprint density at radius 1 is 1.24 bits per heavy atom. The Labute approximate surface area is 124 Å². The lowest BCUT2D eigenvalue weighted by molar-refractivity contribution is -0.153. The van der Waals surface area contributed by atoms with E-state index in [2.05, 4.69) is 5.32 Å². The van der Waals surface area contributed by atoms with Gasteiger partial charge in [0.2, 0.25) is 5.91 Å². The van der Waals surface area contributed by atoms with E-state index < -0.39 is 11.4 Å². The standard InChI is InChI=1S/C16H21NO4/c1-21-13-8-4-3-7-12(13)17-14(18)11-16(15(19)20)9-5-2-6-10-16/h3-4,7-8H,2,5-6,9-11H2,1H3,(H,17,18)(H,19,20). The van der Waals surface area contributed by atoms with Crippen molar-refractivity contribution < 1.29 is 19.4 Å². The summed E-state index contributed by atoms with van der Waals surface area (Å²) in [5.41, 5.74) is -0.342. The van der Waals surface area contributed by atoms with Crippen LogP contribution in [0.15, 0.2) is 24.3 Å². The van der Waals surface area contributed by atoms with Crippen LogP contribution in [0.25, 0.3) is 0 Å². The van der Waals surface area contributed by atoms with Crippen LogP contribution in [0, 0.1) is 5.41 Å². The number of hydrogen-bond acceptors (Lipinski definition) is 3. The van der Waals surface area contributed by atoms with Crippen LogP contribution in [-0.2, 0) is 9.59 Å². The predicted molar refractivity (Wildman–Crippen MR) is 79.4 cm³/mol. The largest absolute Gasteiger partial charge is 0.495 e. The number of carbonyl (C=O) groups excluding carboxylic acids is 1. The Hall–Kier alpha value is -2.04. The SMILES string of the molecule is COc1ccccc1NC(=O)CC1(C(=O)O)CCCCC1. The highest BCUT2D eigenvalue weighted by atomic mass is 16.5. The van der Waals surface area contributed by atoms with Gasteiger partial charge in [0, 0.05) is 6.42 Å². The van der Waals surface area contributed by atoms with Gasteiger partial charge in [0.25, 0.3) is 0 Å². The topological polar surface area (TPSA) is 75.6 Å². The molecule has 0 aliphatic heterocycles. The number of nitrogens with one attached hydrogen (secondary N) is 1. The Balaban J connectivity index is 2.07. The van der Waals surface area contributed by atoms with Gasteiger partial charge in [-0.25, -0.2) is 0 Å². The smallest absolute Gasteiger partial charge is 0.310 e. The van der Waals surface area contributed by atoms with E-state index in [9.17, 15) is 14.7 Å². The van der Waals surface area contributed by atoms with Crippen LogP contribution < -0.4 is 10.1 Å². The molecule has 1 saturated carbocycles. The van der Waals surface area contributed by atoms with Crippen molar-refractivity contribution >= 4 is 17.6 Å². The van der Waals surface area contributed by atoms with E-state index in [1.807, 2.05) is 6.07 Å². The minimum Gasteiger partial charge on any atom is -0.495 e. The Morgan fingerprint density at radius 3 is 2.52 bits per heavy atom. The molecule has 0 aromatic heterocycles. The third-order valence-electron chi connectivity index (χ3n) is 4.14. The van der Waals surface area contributed by atoms with Crippen molar-refractivity contribution in [1.29, 1.82) is 0 Å². The van der Waals surface area contributed by atoms with Gasteiger partial charge >= 0.3 is 5.97 Å². The number of hydrogen-bond donors (Lipinski definition) is 2. The summed E-state index contributed by atoms with van der Waals surface area (Å²) in [6.07, 6.45) is 3.94. The number of anilines is 1. The maximum atomic E-state index is 12.2. The van der Waals surface area contributed by atoms with Gasteiger partial charge in [0.1, 0.15) is 5.75 Å². The first kappa shape index (κ1) is 15.4. The first-order valence-corrected chi connectivity index (χ1v) is 7.24. The number of carboxylic acid groups (broad SMARTS) is 1. The maximum absolute atomic E-state index is 12.2. The van der Waals surface area contributed by atoms with Crippen LogP contribution in [0.1, 0.15) is 38.5 Å². The predicted octanol–water partition coefficient (Wildman–Crippen LogP) is 3.06. The summed E-state index contributed by atoms with van der Waals surface area (Å²) in [6.45, 7) is 0. The summed E-state index contributed by atoms with van der Waals surface area (Å²) < 4.78 is 5.18. The molecule has 2 N–H and O–H groups in total. The molecule has 5 heteroatoms. The summed E-state index contributed by atoms with van der Waals surface area (Å²) in [5.74, 6) is -0.569.